The van der Waals surface area contributed by atoms with Gasteiger partial charge in [0.15, 0.2) is 0 Å². The van der Waals surface area contributed by atoms with E-state index in [9.17, 15) is 17.2 Å². The molecule has 3 nitrogen and oxygen atoms in total. The van der Waals surface area contributed by atoms with Gasteiger partial charge >= 0.3 is 5.76 Å². The van der Waals surface area contributed by atoms with Crippen LogP contribution in [0.25, 0.3) is 0 Å². The fourth-order valence-corrected chi connectivity index (χ4v) is 3.75. The van der Waals surface area contributed by atoms with Gasteiger partial charge in [-0.2, -0.15) is 8.78 Å². The van der Waals surface area contributed by atoms with Crippen molar-refractivity contribution < 1.29 is 17.2 Å². The molecule has 0 amide bonds. The topological polar surface area (TPSA) is 46.2 Å². The van der Waals surface area contributed by atoms with Crippen LogP contribution in [0.2, 0.25) is 4.34 Å². The average molecular weight is 352 g/mol. The molecule has 2 aromatic rings. The summed E-state index contributed by atoms with van der Waals surface area (Å²) in [6.07, 6.45) is 0. The Bertz CT molecular complexity index is 731. The lowest BCUT2D eigenvalue weighted by atomic mass is 10.2. The van der Waals surface area contributed by atoms with Crippen LogP contribution < -0.4 is 5.32 Å². The van der Waals surface area contributed by atoms with E-state index in [1.807, 2.05) is 0 Å². The molecule has 0 radical (unpaired) electrons. The number of hydrogen-bond acceptors (Lipinski definition) is 4. The third-order valence-electron chi connectivity index (χ3n) is 2.82. The number of sulfone groups is 1. The van der Waals surface area contributed by atoms with E-state index in [4.69, 9.17) is 11.6 Å². The molecule has 1 heterocycles. The highest BCUT2D eigenvalue weighted by Crippen LogP contribution is 2.32. The van der Waals surface area contributed by atoms with Crippen LogP contribution in [0.3, 0.4) is 0 Å². The molecule has 0 aliphatic rings. The molecule has 1 atom stereocenters. The Morgan fingerprint density at radius 2 is 1.86 bits per heavy atom. The molecule has 0 spiro atoms. The Kier molecular flexibility index (Phi) is 4.85. The van der Waals surface area contributed by atoms with E-state index in [1.165, 1.54) is 23.5 Å². The molecule has 8 heteroatoms. The van der Waals surface area contributed by atoms with Gasteiger partial charge in [0.1, 0.15) is 0 Å². The monoisotopic (exact) mass is 351 g/mol. The number of anilines is 1. The zero-order valence-corrected chi connectivity index (χ0v) is 13.3. The normalized spacial score (nSPS) is 13.4. The Morgan fingerprint density at radius 1 is 1.19 bits per heavy atom. The lowest BCUT2D eigenvalue weighted by Gasteiger charge is -2.17. The second kappa shape index (κ2) is 6.29. The first-order valence-electron chi connectivity index (χ1n) is 5.95. The van der Waals surface area contributed by atoms with Crippen LogP contribution in [0.15, 0.2) is 41.3 Å². The number of hydrogen-bond donors (Lipinski definition) is 1. The van der Waals surface area contributed by atoms with Crippen LogP contribution >= 0.6 is 22.9 Å². The third kappa shape index (κ3) is 3.53. The highest BCUT2D eigenvalue weighted by atomic mass is 35.5. The van der Waals surface area contributed by atoms with Gasteiger partial charge in [0.05, 0.1) is 21.0 Å². The molecule has 1 N–H and O–H groups in total. The molecule has 0 aliphatic carbocycles. The summed E-state index contributed by atoms with van der Waals surface area (Å²) < 4.78 is 49.4. The smallest absolute Gasteiger partial charge is 0.341 e. The van der Waals surface area contributed by atoms with Crippen LogP contribution in [-0.2, 0) is 9.84 Å². The van der Waals surface area contributed by atoms with Crippen LogP contribution in [0.1, 0.15) is 17.8 Å². The first-order chi connectivity index (χ1) is 9.82. The summed E-state index contributed by atoms with van der Waals surface area (Å²) in [5, 5.41) is 2.94. The number of halogens is 3. The summed E-state index contributed by atoms with van der Waals surface area (Å²) in [5.74, 6) is -3.45. The van der Waals surface area contributed by atoms with Crippen LogP contribution in [0.5, 0.6) is 0 Å². The first kappa shape index (κ1) is 16.2. The number of benzene rings is 1. The van der Waals surface area contributed by atoms with Gasteiger partial charge in [-0.1, -0.05) is 23.7 Å². The van der Waals surface area contributed by atoms with Crippen molar-refractivity contribution in [2.24, 2.45) is 0 Å². The second-order valence-electron chi connectivity index (χ2n) is 4.31. The van der Waals surface area contributed by atoms with Gasteiger partial charge < -0.3 is 5.32 Å². The summed E-state index contributed by atoms with van der Waals surface area (Å²) in [7, 11) is -4.65. The van der Waals surface area contributed by atoms with Gasteiger partial charge in [-0.15, -0.1) is 11.3 Å². The van der Waals surface area contributed by atoms with Crippen LogP contribution in [-0.4, -0.2) is 14.2 Å². The van der Waals surface area contributed by atoms with E-state index in [0.29, 0.717) is 4.34 Å². The van der Waals surface area contributed by atoms with Gasteiger partial charge in [-0.25, -0.2) is 8.42 Å². The Hall–Kier alpha value is -1.18. The maximum atomic E-state index is 12.7. The Morgan fingerprint density at radius 3 is 2.43 bits per heavy atom. The molecular weight excluding hydrogens is 340 g/mol. The summed E-state index contributed by atoms with van der Waals surface area (Å²) in [5.41, 5.74) is 0.148. The van der Waals surface area contributed by atoms with Crippen molar-refractivity contribution >= 4 is 38.5 Å². The molecule has 1 aromatic heterocycles. The number of rotatable bonds is 5. The quantitative estimate of drug-likeness (QED) is 0.858. The minimum atomic E-state index is -4.65. The molecule has 0 saturated heterocycles. The van der Waals surface area contributed by atoms with Crippen molar-refractivity contribution in [2.45, 2.75) is 23.6 Å². The van der Waals surface area contributed by atoms with Crippen molar-refractivity contribution in [3.63, 3.8) is 0 Å². The molecule has 1 unspecified atom stereocenters. The minimum absolute atomic E-state index is 0.148. The molecule has 0 bridgehead atoms. The fraction of sp³-hybridized carbons (Fsp3) is 0.231. The van der Waals surface area contributed by atoms with E-state index < -0.39 is 20.5 Å². The summed E-state index contributed by atoms with van der Waals surface area (Å²) in [6.45, 7) is 1.80. The second-order valence-corrected chi connectivity index (χ2v) is 7.94. The highest BCUT2D eigenvalue weighted by Gasteiger charge is 2.29. The SMILES string of the molecule is CC(Nc1ccccc1S(=O)(=O)C(F)F)c1ccc(Cl)s1. The average Bonchev–Trinajstić information content (AvgIpc) is 2.86. The zero-order chi connectivity index (χ0) is 15.6. The fourth-order valence-electron chi connectivity index (χ4n) is 1.80. The van der Waals surface area contributed by atoms with E-state index in [-0.39, 0.29) is 11.7 Å². The number of nitrogens with one attached hydrogen (secondary N) is 1. The van der Waals surface area contributed by atoms with E-state index in [0.717, 1.165) is 10.9 Å². The van der Waals surface area contributed by atoms with Crippen LogP contribution in [0, 0.1) is 0 Å². The van der Waals surface area contributed by atoms with Gasteiger partial charge in [-0.3, -0.25) is 0 Å². The Labute approximate surface area is 130 Å². The summed E-state index contributed by atoms with van der Waals surface area (Å²) in [6, 6.07) is 8.89. The van der Waals surface area contributed by atoms with Gasteiger partial charge in [0.2, 0.25) is 9.84 Å². The van der Waals surface area contributed by atoms with Gasteiger partial charge in [0.25, 0.3) is 0 Å². The number of thiophene rings is 1. The molecule has 114 valence electrons. The van der Waals surface area contributed by atoms with Gasteiger partial charge in [0, 0.05) is 4.88 Å². The molecule has 0 aliphatic heterocycles. The zero-order valence-electron chi connectivity index (χ0n) is 10.9. The van der Waals surface area contributed by atoms with E-state index >= 15 is 0 Å². The largest absolute Gasteiger partial charge is 0.377 e. The highest BCUT2D eigenvalue weighted by molar-refractivity contribution is 7.91. The number of alkyl halides is 2. The first-order valence-corrected chi connectivity index (χ1v) is 8.69. The van der Waals surface area contributed by atoms with Crippen molar-refractivity contribution in [1.82, 2.24) is 0 Å². The summed E-state index contributed by atoms with van der Waals surface area (Å²) in [4.78, 5) is 0.471. The summed E-state index contributed by atoms with van der Waals surface area (Å²) >= 11 is 7.19. The molecule has 2 rings (SSSR count). The predicted molar refractivity (Wildman–Crippen MR) is 81.0 cm³/mol. The molecule has 1 aromatic carbocycles. The maximum absolute atomic E-state index is 12.7. The molecule has 0 saturated carbocycles. The van der Waals surface area contributed by atoms with Gasteiger partial charge in [-0.05, 0) is 31.2 Å². The predicted octanol–water partition coefficient (Wildman–Crippen LogP) is 4.57. The standard InChI is InChI=1S/C13H12ClF2NO2S2/c1-8(10-6-7-12(14)20-10)17-9-4-2-3-5-11(9)21(18,19)13(15)16/h2-8,13,17H,1H3. The number of para-hydroxylation sites is 1. The Balaban J connectivity index is 2.33. The van der Waals surface area contributed by atoms with Crippen molar-refractivity contribution in [2.75, 3.05) is 5.32 Å². The van der Waals surface area contributed by atoms with Crippen molar-refractivity contribution in [1.29, 1.82) is 0 Å². The molecule has 0 fully saturated rings. The van der Waals surface area contributed by atoms with Crippen molar-refractivity contribution in [3.05, 3.63) is 45.6 Å². The molecule has 21 heavy (non-hydrogen) atoms. The van der Waals surface area contributed by atoms with Crippen LogP contribution in [0.4, 0.5) is 14.5 Å². The van der Waals surface area contributed by atoms with Crippen molar-refractivity contribution in [3.8, 4) is 0 Å². The third-order valence-corrected chi connectivity index (χ3v) is 5.67. The van der Waals surface area contributed by atoms with E-state index in [1.54, 1.807) is 25.1 Å². The lowest BCUT2D eigenvalue weighted by Crippen LogP contribution is -2.15. The molecular formula is C13H12ClF2NO2S2. The maximum Gasteiger partial charge on any atom is 0.341 e. The van der Waals surface area contributed by atoms with E-state index in [2.05, 4.69) is 5.32 Å². The minimum Gasteiger partial charge on any atom is -0.377 e. The lowest BCUT2D eigenvalue weighted by molar-refractivity contribution is 0.235.